The van der Waals surface area contributed by atoms with E-state index in [0.29, 0.717) is 0 Å². The van der Waals surface area contributed by atoms with E-state index in [2.05, 4.69) is 70.6 Å². The average molecular weight is 332 g/mol. The standard InChI is InChI=1S/C19H33N5/c1-5-23(4)14-11-21-19(20-3)22-16(2)17-9-8-10-18(15-17)24-12-6-7-13-24/h8-10,15-16H,5-7,11-14H2,1-4H3,(H2,20,21,22). The fraction of sp³-hybridized carbons (Fsp3) is 0.632. The first-order valence-electron chi connectivity index (χ1n) is 9.14. The summed E-state index contributed by atoms with van der Waals surface area (Å²) in [6.07, 6.45) is 2.61. The molecule has 0 bridgehead atoms. The van der Waals surface area contributed by atoms with Crippen LogP contribution in [0, 0.1) is 0 Å². The Kier molecular flexibility index (Phi) is 7.37. The van der Waals surface area contributed by atoms with E-state index in [-0.39, 0.29) is 6.04 Å². The van der Waals surface area contributed by atoms with E-state index >= 15 is 0 Å². The lowest BCUT2D eigenvalue weighted by molar-refractivity contribution is 0.357. The Bertz CT molecular complexity index is 522. The van der Waals surface area contributed by atoms with Crippen LogP contribution in [0.1, 0.15) is 38.3 Å². The third-order valence-electron chi connectivity index (χ3n) is 4.74. The summed E-state index contributed by atoms with van der Waals surface area (Å²) in [4.78, 5) is 9.10. The minimum atomic E-state index is 0.225. The zero-order chi connectivity index (χ0) is 17.4. The zero-order valence-electron chi connectivity index (χ0n) is 15.7. The molecule has 1 aliphatic rings. The Morgan fingerprint density at radius 2 is 2.08 bits per heavy atom. The fourth-order valence-electron chi connectivity index (χ4n) is 2.97. The molecule has 1 saturated heterocycles. The van der Waals surface area contributed by atoms with Gasteiger partial charge < -0.3 is 20.4 Å². The van der Waals surface area contributed by atoms with Gasteiger partial charge >= 0.3 is 0 Å². The van der Waals surface area contributed by atoms with Gasteiger partial charge in [0.15, 0.2) is 5.96 Å². The Balaban J connectivity index is 1.90. The van der Waals surface area contributed by atoms with E-state index in [9.17, 15) is 0 Å². The molecule has 1 unspecified atom stereocenters. The van der Waals surface area contributed by atoms with Crippen LogP contribution in [-0.4, -0.2) is 57.7 Å². The second-order valence-electron chi connectivity index (χ2n) is 6.55. The second-order valence-corrected chi connectivity index (χ2v) is 6.55. The fourth-order valence-corrected chi connectivity index (χ4v) is 2.97. The van der Waals surface area contributed by atoms with E-state index in [1.54, 1.807) is 0 Å². The van der Waals surface area contributed by atoms with Gasteiger partial charge in [0.05, 0.1) is 6.04 Å². The third kappa shape index (κ3) is 5.41. The summed E-state index contributed by atoms with van der Waals surface area (Å²) in [6, 6.07) is 9.10. The molecule has 0 aromatic heterocycles. The lowest BCUT2D eigenvalue weighted by Gasteiger charge is -2.22. The second kappa shape index (κ2) is 9.52. The first-order chi connectivity index (χ1) is 11.6. The van der Waals surface area contributed by atoms with Crippen LogP contribution >= 0.6 is 0 Å². The quantitative estimate of drug-likeness (QED) is 0.595. The molecule has 1 aromatic carbocycles. The van der Waals surface area contributed by atoms with Crippen LogP contribution in [0.3, 0.4) is 0 Å². The maximum atomic E-state index is 4.34. The van der Waals surface area contributed by atoms with Gasteiger partial charge in [0, 0.05) is 38.9 Å². The van der Waals surface area contributed by atoms with Gasteiger partial charge in [-0.2, -0.15) is 0 Å². The predicted octanol–water partition coefficient (Wildman–Crippen LogP) is 2.46. The molecule has 1 fully saturated rings. The highest BCUT2D eigenvalue weighted by Gasteiger charge is 2.14. The van der Waals surface area contributed by atoms with Crippen molar-refractivity contribution in [3.05, 3.63) is 29.8 Å². The largest absolute Gasteiger partial charge is 0.372 e. The van der Waals surface area contributed by atoms with E-state index in [1.165, 1.54) is 37.2 Å². The average Bonchev–Trinajstić information content (AvgIpc) is 3.15. The summed E-state index contributed by atoms with van der Waals surface area (Å²) in [7, 11) is 3.95. The molecule has 24 heavy (non-hydrogen) atoms. The SMILES string of the molecule is CCN(C)CCNC(=NC)NC(C)c1cccc(N2CCCC2)c1. The molecule has 1 atom stereocenters. The Morgan fingerprint density at radius 1 is 1.33 bits per heavy atom. The molecule has 0 saturated carbocycles. The van der Waals surface area contributed by atoms with Crippen LogP contribution in [0.25, 0.3) is 0 Å². The van der Waals surface area contributed by atoms with Gasteiger partial charge in [-0.1, -0.05) is 19.1 Å². The Labute approximate surface area is 147 Å². The van der Waals surface area contributed by atoms with Gasteiger partial charge in [0.1, 0.15) is 0 Å². The number of hydrogen-bond acceptors (Lipinski definition) is 3. The van der Waals surface area contributed by atoms with Crippen LogP contribution in [0.15, 0.2) is 29.3 Å². The molecule has 5 heteroatoms. The van der Waals surface area contributed by atoms with Crippen molar-refractivity contribution in [3.63, 3.8) is 0 Å². The van der Waals surface area contributed by atoms with Crippen LogP contribution in [0.4, 0.5) is 5.69 Å². The van der Waals surface area contributed by atoms with E-state index in [1.807, 2.05) is 7.05 Å². The normalized spacial score (nSPS) is 16.5. The molecule has 0 radical (unpaired) electrons. The molecule has 0 aliphatic carbocycles. The molecular formula is C19H33N5. The number of nitrogens with one attached hydrogen (secondary N) is 2. The number of guanidine groups is 1. The highest BCUT2D eigenvalue weighted by Crippen LogP contribution is 2.23. The van der Waals surface area contributed by atoms with E-state index < -0.39 is 0 Å². The number of nitrogens with zero attached hydrogens (tertiary/aromatic N) is 3. The third-order valence-corrected chi connectivity index (χ3v) is 4.74. The summed E-state index contributed by atoms with van der Waals surface area (Å²) < 4.78 is 0. The minimum Gasteiger partial charge on any atom is -0.372 e. The Hall–Kier alpha value is -1.75. The van der Waals surface area contributed by atoms with E-state index in [4.69, 9.17) is 0 Å². The summed E-state index contributed by atoms with van der Waals surface area (Å²) in [5, 5.41) is 6.89. The first kappa shape index (κ1) is 18.6. The van der Waals surface area contributed by atoms with Crippen molar-refractivity contribution in [1.29, 1.82) is 0 Å². The summed E-state index contributed by atoms with van der Waals surface area (Å²) >= 11 is 0. The van der Waals surface area contributed by atoms with Crippen LogP contribution in [0.2, 0.25) is 0 Å². The topological polar surface area (TPSA) is 42.9 Å². The number of hydrogen-bond donors (Lipinski definition) is 2. The molecule has 0 amide bonds. The van der Waals surface area contributed by atoms with Crippen molar-refractivity contribution in [1.82, 2.24) is 15.5 Å². The molecule has 134 valence electrons. The number of rotatable bonds is 7. The van der Waals surface area contributed by atoms with Crippen LogP contribution in [-0.2, 0) is 0 Å². The summed E-state index contributed by atoms with van der Waals surface area (Å²) in [5.41, 5.74) is 2.64. The number of likely N-dealkylation sites (N-methyl/N-ethyl adjacent to an activating group) is 1. The summed E-state index contributed by atoms with van der Waals surface area (Å²) in [5.74, 6) is 0.860. The molecule has 1 aromatic rings. The van der Waals surface area contributed by atoms with Gasteiger partial charge in [-0.25, -0.2) is 0 Å². The van der Waals surface area contributed by atoms with Crippen molar-refractivity contribution in [2.24, 2.45) is 4.99 Å². The van der Waals surface area contributed by atoms with Crippen molar-refractivity contribution in [2.45, 2.75) is 32.7 Å². The van der Waals surface area contributed by atoms with Crippen molar-refractivity contribution in [3.8, 4) is 0 Å². The first-order valence-corrected chi connectivity index (χ1v) is 9.14. The molecule has 0 spiro atoms. The van der Waals surface area contributed by atoms with E-state index in [0.717, 1.165) is 25.6 Å². The highest BCUT2D eigenvalue weighted by molar-refractivity contribution is 5.80. The van der Waals surface area contributed by atoms with Crippen LogP contribution < -0.4 is 15.5 Å². The van der Waals surface area contributed by atoms with Gasteiger partial charge in [-0.05, 0) is 51.1 Å². The number of benzene rings is 1. The monoisotopic (exact) mass is 331 g/mol. The lowest BCUT2D eigenvalue weighted by Crippen LogP contribution is -2.41. The maximum absolute atomic E-state index is 4.34. The highest BCUT2D eigenvalue weighted by atomic mass is 15.2. The smallest absolute Gasteiger partial charge is 0.191 e. The number of anilines is 1. The molecule has 5 nitrogen and oxygen atoms in total. The predicted molar refractivity (Wildman–Crippen MR) is 104 cm³/mol. The molecule has 1 aliphatic heterocycles. The van der Waals surface area contributed by atoms with Gasteiger partial charge in [-0.15, -0.1) is 0 Å². The Morgan fingerprint density at radius 3 is 2.75 bits per heavy atom. The van der Waals surface area contributed by atoms with Gasteiger partial charge in [-0.3, -0.25) is 4.99 Å². The van der Waals surface area contributed by atoms with Crippen molar-refractivity contribution in [2.75, 3.05) is 51.7 Å². The molecule has 1 heterocycles. The zero-order valence-corrected chi connectivity index (χ0v) is 15.7. The van der Waals surface area contributed by atoms with Crippen LogP contribution in [0.5, 0.6) is 0 Å². The summed E-state index contributed by atoms with van der Waals surface area (Å²) in [6.45, 7) is 9.68. The maximum Gasteiger partial charge on any atom is 0.191 e. The lowest BCUT2D eigenvalue weighted by atomic mass is 10.1. The van der Waals surface area contributed by atoms with Gasteiger partial charge in [0.2, 0.25) is 0 Å². The number of aliphatic imine (C=N–C) groups is 1. The molecule has 2 N–H and O–H groups in total. The molecular weight excluding hydrogens is 298 g/mol. The van der Waals surface area contributed by atoms with Crippen molar-refractivity contribution >= 4 is 11.6 Å². The minimum absolute atomic E-state index is 0.225. The van der Waals surface area contributed by atoms with Gasteiger partial charge in [0.25, 0.3) is 0 Å². The molecule has 2 rings (SSSR count). The van der Waals surface area contributed by atoms with Crippen molar-refractivity contribution < 1.29 is 0 Å².